The Morgan fingerprint density at radius 2 is 1.68 bits per heavy atom. The van der Waals surface area contributed by atoms with Crippen LogP contribution in [0.2, 0.25) is 0 Å². The zero-order valence-corrected chi connectivity index (χ0v) is 34.8. The van der Waals surface area contributed by atoms with E-state index in [4.69, 9.17) is 14.5 Å². The van der Waals surface area contributed by atoms with Crippen molar-refractivity contribution >= 4 is 35.0 Å². The first-order valence-electron chi connectivity index (χ1n) is 21.0. The lowest BCUT2D eigenvalue weighted by atomic mass is 9.92. The average Bonchev–Trinajstić information content (AvgIpc) is 4.14. The van der Waals surface area contributed by atoms with Gasteiger partial charge in [-0.15, -0.1) is 0 Å². The van der Waals surface area contributed by atoms with Crippen molar-refractivity contribution in [3.8, 4) is 39.3 Å². The molecule has 2 bridgehead atoms. The number of carbonyl (C=O) groups excluding carboxylic acids is 4. The number of likely N-dealkylation sites (tertiary alicyclic amines) is 1. The van der Waals surface area contributed by atoms with Crippen molar-refractivity contribution < 1.29 is 33.4 Å². The summed E-state index contributed by atoms with van der Waals surface area (Å²) in [6.07, 6.45) is 4.01. The molecule has 1 saturated heterocycles. The number of nitrogens with zero attached hydrogens (tertiary/aromatic N) is 4. The van der Waals surface area contributed by atoms with Crippen LogP contribution in [0.15, 0.2) is 91.1 Å². The van der Waals surface area contributed by atoms with Crippen LogP contribution in [0.4, 0.5) is 9.59 Å². The number of ether oxygens (including phenoxy) is 3. The van der Waals surface area contributed by atoms with Gasteiger partial charge in [-0.05, 0) is 89.8 Å². The molecule has 0 spiro atoms. The third-order valence-corrected chi connectivity index (χ3v) is 12.2. The highest BCUT2D eigenvalue weighted by Crippen LogP contribution is 2.51. The zero-order chi connectivity index (χ0) is 42.9. The van der Waals surface area contributed by atoms with Crippen LogP contribution in [-0.2, 0) is 32.2 Å². The van der Waals surface area contributed by atoms with Gasteiger partial charge in [0.1, 0.15) is 36.6 Å². The van der Waals surface area contributed by atoms with E-state index in [1.807, 2.05) is 60.4 Å². The van der Waals surface area contributed by atoms with Gasteiger partial charge in [0.05, 0.1) is 49.7 Å². The molecule has 4 atom stereocenters. The number of benzene rings is 4. The third kappa shape index (κ3) is 7.81. The molecule has 1 aliphatic carbocycles. The average molecular weight is 837 g/mol. The van der Waals surface area contributed by atoms with E-state index in [9.17, 15) is 19.2 Å². The van der Waals surface area contributed by atoms with Crippen molar-refractivity contribution in [2.45, 2.75) is 63.9 Å². The predicted octanol–water partition coefficient (Wildman–Crippen LogP) is 7.42. The molecule has 0 radical (unpaired) electrons. The molecule has 4 heterocycles. The van der Waals surface area contributed by atoms with Crippen LogP contribution in [0.25, 0.3) is 44.5 Å². The first-order valence-corrected chi connectivity index (χ1v) is 21.0. The molecule has 62 heavy (non-hydrogen) atoms. The summed E-state index contributed by atoms with van der Waals surface area (Å²) in [5.74, 6) is 2.02. The summed E-state index contributed by atoms with van der Waals surface area (Å²) in [5, 5.41) is 5.23. The Bertz CT molecular complexity index is 2660. The Morgan fingerprint density at radius 3 is 2.48 bits per heavy atom. The Kier molecular flexibility index (Phi) is 11.1. The van der Waals surface area contributed by atoms with Gasteiger partial charge < -0.3 is 44.6 Å². The molecule has 3 aliphatic rings. The van der Waals surface area contributed by atoms with Crippen LogP contribution in [-0.4, -0.2) is 87.1 Å². The minimum atomic E-state index is -0.884. The monoisotopic (exact) mass is 836 g/mol. The highest BCUT2D eigenvalue weighted by molar-refractivity contribution is 5.89. The molecule has 15 nitrogen and oxygen atoms in total. The second-order valence-electron chi connectivity index (χ2n) is 16.0. The Labute approximate surface area is 358 Å². The lowest BCUT2D eigenvalue weighted by molar-refractivity contribution is -0.138. The first-order chi connectivity index (χ1) is 30.2. The number of H-pyrrole nitrogens is 2. The number of methoxy groups -OCH3 is 2. The topological polar surface area (TPSA) is 184 Å². The molecule has 2 fully saturated rings. The summed E-state index contributed by atoms with van der Waals surface area (Å²) in [6, 6.07) is 27.0. The molecule has 318 valence electrons. The van der Waals surface area contributed by atoms with Crippen molar-refractivity contribution in [2.24, 2.45) is 5.92 Å². The van der Waals surface area contributed by atoms with Crippen LogP contribution in [0.5, 0.6) is 5.75 Å². The van der Waals surface area contributed by atoms with Crippen LogP contribution >= 0.6 is 0 Å². The normalized spacial score (nSPS) is 17.7. The minimum absolute atomic E-state index is 0.0647. The third-order valence-electron chi connectivity index (χ3n) is 12.2. The van der Waals surface area contributed by atoms with E-state index < -0.39 is 18.2 Å². The highest BCUT2D eigenvalue weighted by Gasteiger charge is 2.51. The molecule has 2 aliphatic heterocycles. The fraction of sp³-hybridized carbons (Fsp3) is 0.319. The highest BCUT2D eigenvalue weighted by atomic mass is 16.5. The number of carbonyl (C=O) groups is 4. The summed E-state index contributed by atoms with van der Waals surface area (Å²) >= 11 is 0. The van der Waals surface area contributed by atoms with Gasteiger partial charge in [-0.25, -0.2) is 19.6 Å². The quantitative estimate of drug-likeness (QED) is 0.0974. The van der Waals surface area contributed by atoms with Crippen LogP contribution < -0.4 is 15.4 Å². The number of hydrogen-bond acceptors (Lipinski definition) is 9. The maximum atomic E-state index is 14.4. The molecule has 0 unspecified atom stereocenters. The smallest absolute Gasteiger partial charge is 0.407 e. The molecule has 1 saturated carbocycles. The van der Waals surface area contributed by atoms with E-state index in [1.165, 1.54) is 14.2 Å². The SMILES string of the molecule is CCCN(Cc1ncc(-c2ccc3c(c2)OCc2cc(-c4ccc5nc([C@@H]6[C@H]7CC[C@H](C7)N6C(=O)[C@H](NC(=O)OC)c6ccccc6)[nH]c5c4)ccc2-3)[nH]1)C(=O)CNC(=O)OC. The number of rotatable bonds is 12. The fourth-order valence-electron chi connectivity index (χ4n) is 9.27. The predicted molar refractivity (Wildman–Crippen MR) is 230 cm³/mol. The standard InChI is InChI=1S/C47H48N8O7/c1-4-18-54(41(56)24-49-46(58)60-2)25-40-48-23-38(50-40)30-12-16-35-34-15-11-28(19-32(34)26-62-39(35)22-30)29-13-17-36-37(21-29)52-44(51-36)43-31-10-14-33(20-31)55(43)45(57)42(53-47(59)61-3)27-8-6-5-7-9-27/h5-9,11-13,15-17,19,21-23,31,33,42-43H,4,10,14,18,20,24-26H2,1-3H3,(H,48,50)(H,49,58)(H,51,52)(H,53,59)/t31-,33+,42+,43-/m0/s1. The number of fused-ring (bicyclic) bond motifs is 6. The number of hydrogen-bond donors (Lipinski definition) is 4. The van der Waals surface area contributed by atoms with Gasteiger partial charge in [-0.1, -0.05) is 61.5 Å². The van der Waals surface area contributed by atoms with E-state index in [2.05, 4.69) is 66.7 Å². The number of aromatic nitrogens is 4. The number of alkyl carbamates (subject to hydrolysis) is 2. The molecule has 4 N–H and O–H groups in total. The number of amides is 4. The van der Waals surface area contributed by atoms with Gasteiger partial charge in [0.2, 0.25) is 5.91 Å². The molecule has 9 rings (SSSR count). The van der Waals surface area contributed by atoms with Crippen molar-refractivity contribution in [2.75, 3.05) is 27.3 Å². The molecular weight excluding hydrogens is 789 g/mol. The summed E-state index contributed by atoms with van der Waals surface area (Å²) in [5.41, 5.74) is 9.34. The van der Waals surface area contributed by atoms with Gasteiger partial charge in [0.15, 0.2) is 0 Å². The largest absolute Gasteiger partial charge is 0.488 e. The van der Waals surface area contributed by atoms with Gasteiger partial charge in [0, 0.05) is 23.7 Å². The summed E-state index contributed by atoms with van der Waals surface area (Å²) in [4.78, 5) is 71.2. The second-order valence-corrected chi connectivity index (χ2v) is 16.0. The number of piperidine rings is 1. The van der Waals surface area contributed by atoms with Crippen LogP contribution in [0, 0.1) is 5.92 Å². The lowest BCUT2D eigenvalue weighted by Crippen LogP contribution is -2.47. The lowest BCUT2D eigenvalue weighted by Gasteiger charge is -2.36. The van der Waals surface area contributed by atoms with Crippen molar-refractivity contribution in [3.05, 3.63) is 114 Å². The van der Waals surface area contributed by atoms with Gasteiger partial charge >= 0.3 is 12.2 Å². The van der Waals surface area contributed by atoms with Crippen molar-refractivity contribution in [1.29, 1.82) is 0 Å². The van der Waals surface area contributed by atoms with Crippen molar-refractivity contribution in [1.82, 2.24) is 40.4 Å². The van der Waals surface area contributed by atoms with E-state index >= 15 is 0 Å². The maximum Gasteiger partial charge on any atom is 0.407 e. The summed E-state index contributed by atoms with van der Waals surface area (Å²) in [7, 11) is 2.55. The second kappa shape index (κ2) is 17.1. The van der Waals surface area contributed by atoms with E-state index in [0.29, 0.717) is 24.5 Å². The number of nitrogens with one attached hydrogen (secondary N) is 4. The molecule has 2 aromatic heterocycles. The molecule has 4 aromatic carbocycles. The number of aromatic amines is 2. The maximum absolute atomic E-state index is 14.4. The molecule has 15 heteroatoms. The zero-order valence-electron chi connectivity index (χ0n) is 34.8. The Hall–Kier alpha value is -7.16. The number of imidazole rings is 2. The molecule has 6 aromatic rings. The molecule has 4 amide bonds. The minimum Gasteiger partial charge on any atom is -0.488 e. The van der Waals surface area contributed by atoms with Gasteiger partial charge in [0.25, 0.3) is 5.91 Å². The summed E-state index contributed by atoms with van der Waals surface area (Å²) in [6.45, 7) is 3.02. The van der Waals surface area contributed by atoms with Gasteiger partial charge in [-0.2, -0.15) is 0 Å². The van der Waals surface area contributed by atoms with Crippen LogP contribution in [0.3, 0.4) is 0 Å². The van der Waals surface area contributed by atoms with Crippen LogP contribution in [0.1, 0.15) is 67.5 Å². The Balaban J connectivity index is 0.919. The Morgan fingerprint density at radius 1 is 0.903 bits per heavy atom. The van der Waals surface area contributed by atoms with E-state index in [1.54, 1.807) is 11.1 Å². The summed E-state index contributed by atoms with van der Waals surface area (Å²) < 4.78 is 15.8. The fourth-order valence-corrected chi connectivity index (χ4v) is 9.27. The van der Waals surface area contributed by atoms with Crippen molar-refractivity contribution in [3.63, 3.8) is 0 Å². The van der Waals surface area contributed by atoms with E-state index in [0.717, 1.165) is 87.4 Å². The van der Waals surface area contributed by atoms with Gasteiger partial charge in [-0.3, -0.25) is 9.59 Å². The van der Waals surface area contributed by atoms with E-state index in [-0.39, 0.29) is 42.9 Å². The first kappa shape index (κ1) is 40.3. The molecular formula is C47H48N8O7.